The van der Waals surface area contributed by atoms with Crippen molar-refractivity contribution in [3.05, 3.63) is 51.1 Å². The first-order valence-electron chi connectivity index (χ1n) is 7.67. The summed E-state index contributed by atoms with van der Waals surface area (Å²) in [5, 5.41) is 35.0. The van der Waals surface area contributed by atoms with E-state index in [1.807, 2.05) is 11.8 Å². The van der Waals surface area contributed by atoms with Crippen molar-refractivity contribution in [1.82, 2.24) is 19.5 Å². The number of aliphatic hydroxyl groups excluding tert-OH is 1. The third kappa shape index (κ3) is 3.18. The number of nitro groups is 1. The lowest BCUT2D eigenvalue weighted by Gasteiger charge is -2.29. The van der Waals surface area contributed by atoms with Gasteiger partial charge in [0.25, 0.3) is 5.69 Å². The largest absolute Gasteiger partial charge is 0.492 e. The molecule has 3 rings (SSSR count). The molecule has 0 aliphatic carbocycles. The quantitative estimate of drug-likeness (QED) is 0.485. The molecule has 0 aliphatic heterocycles. The number of thiazole rings is 1. The molecule has 0 saturated carbocycles. The highest BCUT2D eigenvalue weighted by molar-refractivity contribution is 7.17. The first-order valence-corrected chi connectivity index (χ1v) is 8.49. The smallest absolute Gasteiger partial charge is 0.269 e. The van der Waals surface area contributed by atoms with E-state index in [1.54, 1.807) is 12.1 Å². The van der Waals surface area contributed by atoms with E-state index in [1.165, 1.54) is 34.3 Å². The maximum Gasteiger partial charge on any atom is 0.269 e. The second-order valence-corrected chi connectivity index (χ2v) is 6.36. The molecule has 3 aromatic rings. The molecule has 2 heterocycles. The zero-order valence-electron chi connectivity index (χ0n) is 13.4. The molecule has 2 aromatic heterocycles. The SMILES string of the molecule is CCN(CCO)C(c1cccc([N+](=O)[O-])c1)c1sc2ncnn2c1O. The van der Waals surface area contributed by atoms with Gasteiger partial charge in [0.1, 0.15) is 6.33 Å². The Hall–Kier alpha value is -2.56. The number of likely N-dealkylation sites (N-methyl/N-ethyl adjacent to an activating group) is 1. The fourth-order valence-corrected chi connectivity index (χ4v) is 3.90. The van der Waals surface area contributed by atoms with Gasteiger partial charge in [-0.25, -0.2) is 4.98 Å². The van der Waals surface area contributed by atoms with Crippen LogP contribution in [0.25, 0.3) is 4.96 Å². The summed E-state index contributed by atoms with van der Waals surface area (Å²) in [4.78, 5) is 17.8. The van der Waals surface area contributed by atoms with Crippen molar-refractivity contribution >= 4 is 22.0 Å². The number of benzene rings is 1. The summed E-state index contributed by atoms with van der Waals surface area (Å²) in [6.45, 7) is 2.80. The minimum absolute atomic E-state index is 0.0264. The van der Waals surface area contributed by atoms with Crippen LogP contribution in [0.4, 0.5) is 5.69 Å². The highest BCUT2D eigenvalue weighted by Gasteiger charge is 2.29. The van der Waals surface area contributed by atoms with Crippen molar-refractivity contribution in [2.75, 3.05) is 19.7 Å². The van der Waals surface area contributed by atoms with Gasteiger partial charge in [-0.3, -0.25) is 15.0 Å². The Morgan fingerprint density at radius 3 is 2.92 bits per heavy atom. The number of hydrogen-bond donors (Lipinski definition) is 2. The molecule has 0 saturated heterocycles. The molecule has 1 aromatic carbocycles. The summed E-state index contributed by atoms with van der Waals surface area (Å²) in [6, 6.07) is 5.84. The Kier molecular flexibility index (Phi) is 4.93. The zero-order chi connectivity index (χ0) is 18.0. The van der Waals surface area contributed by atoms with E-state index in [4.69, 9.17) is 0 Å². The van der Waals surface area contributed by atoms with E-state index < -0.39 is 11.0 Å². The molecule has 0 amide bonds. The topological polar surface area (TPSA) is 117 Å². The molecule has 2 N–H and O–H groups in total. The molecule has 132 valence electrons. The van der Waals surface area contributed by atoms with Crippen LogP contribution in [0.1, 0.15) is 23.4 Å². The number of non-ortho nitro benzene ring substituents is 1. The first kappa shape index (κ1) is 17.3. The highest BCUT2D eigenvalue weighted by atomic mass is 32.1. The third-order valence-electron chi connectivity index (χ3n) is 3.94. The van der Waals surface area contributed by atoms with Crippen LogP contribution in [0.5, 0.6) is 5.88 Å². The van der Waals surface area contributed by atoms with Gasteiger partial charge < -0.3 is 10.2 Å². The highest BCUT2D eigenvalue weighted by Crippen LogP contribution is 2.40. The summed E-state index contributed by atoms with van der Waals surface area (Å²) < 4.78 is 1.33. The Balaban J connectivity index is 2.15. The standard InChI is InChI=1S/C15H17N5O4S/c1-2-18(6-7-21)12(10-4-3-5-11(8-10)20(23)24)13-14(22)19-15(25-13)16-9-17-19/h3-5,8-9,12,21-22H,2,6-7H2,1H3. The van der Waals surface area contributed by atoms with Crippen LogP contribution >= 0.6 is 11.3 Å². The molecule has 0 spiro atoms. The first-order chi connectivity index (χ1) is 12.1. The van der Waals surface area contributed by atoms with Gasteiger partial charge in [-0.1, -0.05) is 30.4 Å². The van der Waals surface area contributed by atoms with E-state index in [2.05, 4.69) is 10.1 Å². The van der Waals surface area contributed by atoms with E-state index >= 15 is 0 Å². The molecule has 9 nitrogen and oxygen atoms in total. The van der Waals surface area contributed by atoms with E-state index in [-0.39, 0.29) is 18.2 Å². The molecular weight excluding hydrogens is 346 g/mol. The van der Waals surface area contributed by atoms with Crippen LogP contribution in [-0.2, 0) is 0 Å². The van der Waals surface area contributed by atoms with Crippen LogP contribution < -0.4 is 0 Å². The van der Waals surface area contributed by atoms with Gasteiger partial charge in [0, 0.05) is 18.7 Å². The van der Waals surface area contributed by atoms with Gasteiger partial charge >= 0.3 is 0 Å². The Bertz CT molecular complexity index is 893. The lowest BCUT2D eigenvalue weighted by Crippen LogP contribution is -2.31. The Morgan fingerprint density at radius 2 is 2.28 bits per heavy atom. The van der Waals surface area contributed by atoms with Crippen molar-refractivity contribution in [3.63, 3.8) is 0 Å². The molecule has 0 bridgehead atoms. The minimum Gasteiger partial charge on any atom is -0.492 e. The average molecular weight is 363 g/mol. The summed E-state index contributed by atoms with van der Waals surface area (Å²) in [7, 11) is 0. The fourth-order valence-electron chi connectivity index (χ4n) is 2.81. The second-order valence-electron chi connectivity index (χ2n) is 5.35. The normalized spacial score (nSPS) is 12.8. The summed E-state index contributed by atoms with van der Waals surface area (Å²) in [5.41, 5.74) is 0.630. The molecule has 1 atom stereocenters. The monoisotopic (exact) mass is 363 g/mol. The minimum atomic E-state index is -0.453. The van der Waals surface area contributed by atoms with E-state index in [0.29, 0.717) is 28.5 Å². The number of hydrogen-bond acceptors (Lipinski definition) is 8. The number of rotatable bonds is 7. The average Bonchev–Trinajstić information content (AvgIpc) is 3.18. The molecule has 0 aliphatic rings. The van der Waals surface area contributed by atoms with Crippen LogP contribution in [0.3, 0.4) is 0 Å². The Morgan fingerprint density at radius 1 is 1.48 bits per heavy atom. The van der Waals surface area contributed by atoms with Crippen LogP contribution in [-0.4, -0.2) is 54.3 Å². The number of nitro benzene ring substituents is 1. The number of nitrogens with zero attached hydrogens (tertiary/aromatic N) is 5. The van der Waals surface area contributed by atoms with Gasteiger partial charge in [0.2, 0.25) is 10.8 Å². The maximum atomic E-state index is 11.1. The van der Waals surface area contributed by atoms with Crippen LogP contribution in [0.15, 0.2) is 30.6 Å². The lowest BCUT2D eigenvalue weighted by molar-refractivity contribution is -0.384. The predicted molar refractivity (Wildman–Crippen MR) is 91.8 cm³/mol. The maximum absolute atomic E-state index is 11.1. The number of aliphatic hydroxyl groups is 1. The van der Waals surface area contributed by atoms with E-state index in [0.717, 1.165) is 0 Å². The summed E-state index contributed by atoms with van der Waals surface area (Å²) >= 11 is 1.26. The van der Waals surface area contributed by atoms with Crippen molar-refractivity contribution in [2.45, 2.75) is 13.0 Å². The molecule has 0 radical (unpaired) electrons. The zero-order valence-corrected chi connectivity index (χ0v) is 14.3. The fraction of sp³-hybridized carbons (Fsp3) is 0.333. The molecule has 10 heteroatoms. The van der Waals surface area contributed by atoms with Gasteiger partial charge in [-0.2, -0.15) is 9.61 Å². The van der Waals surface area contributed by atoms with Crippen molar-refractivity contribution in [2.24, 2.45) is 0 Å². The lowest BCUT2D eigenvalue weighted by atomic mass is 10.0. The molecule has 0 fully saturated rings. The Labute approximate surface area is 146 Å². The van der Waals surface area contributed by atoms with Gasteiger partial charge in [-0.05, 0) is 12.1 Å². The van der Waals surface area contributed by atoms with Gasteiger partial charge in [-0.15, -0.1) is 0 Å². The molecule has 25 heavy (non-hydrogen) atoms. The second kappa shape index (κ2) is 7.13. The van der Waals surface area contributed by atoms with Crippen molar-refractivity contribution in [3.8, 4) is 5.88 Å². The van der Waals surface area contributed by atoms with Crippen LogP contribution in [0, 0.1) is 10.1 Å². The molecular formula is C15H17N5O4S. The van der Waals surface area contributed by atoms with Gasteiger partial charge in [0.15, 0.2) is 0 Å². The number of aromatic nitrogens is 3. The van der Waals surface area contributed by atoms with Crippen LogP contribution in [0.2, 0.25) is 0 Å². The molecule has 1 unspecified atom stereocenters. The third-order valence-corrected chi connectivity index (χ3v) is 5.03. The number of fused-ring (bicyclic) bond motifs is 1. The van der Waals surface area contributed by atoms with Gasteiger partial charge in [0.05, 0.1) is 22.4 Å². The summed E-state index contributed by atoms with van der Waals surface area (Å²) in [6.07, 6.45) is 1.35. The summed E-state index contributed by atoms with van der Waals surface area (Å²) in [5.74, 6) is -0.0506. The number of aromatic hydroxyl groups is 1. The van der Waals surface area contributed by atoms with Crippen molar-refractivity contribution in [1.29, 1.82) is 0 Å². The van der Waals surface area contributed by atoms with Crippen molar-refractivity contribution < 1.29 is 15.1 Å². The van der Waals surface area contributed by atoms with E-state index in [9.17, 15) is 20.3 Å². The predicted octanol–water partition coefficient (Wildman–Crippen LogP) is 1.81.